The average molecular weight is 534 g/mol. The van der Waals surface area contributed by atoms with Crippen molar-refractivity contribution in [2.24, 2.45) is 0 Å². The summed E-state index contributed by atoms with van der Waals surface area (Å²) in [7, 11) is 3.06. The molecule has 0 aliphatic heterocycles. The van der Waals surface area contributed by atoms with E-state index in [0.29, 0.717) is 28.7 Å². The van der Waals surface area contributed by atoms with Gasteiger partial charge >= 0.3 is 5.97 Å². The van der Waals surface area contributed by atoms with Crippen LogP contribution in [-0.4, -0.2) is 46.8 Å². The summed E-state index contributed by atoms with van der Waals surface area (Å²) in [6.45, 7) is 0. The highest BCUT2D eigenvalue weighted by atomic mass is 32.1. The Labute approximate surface area is 225 Å². The first-order valence-corrected chi connectivity index (χ1v) is 13.7. The third-order valence-corrected chi connectivity index (χ3v) is 7.99. The third-order valence-electron chi connectivity index (χ3n) is 7.12. The lowest BCUT2D eigenvalue weighted by atomic mass is 9.95. The number of carboxylic acids is 1. The number of carbonyl (C=O) groups is 2. The van der Waals surface area contributed by atoms with Crippen molar-refractivity contribution < 1.29 is 24.2 Å². The van der Waals surface area contributed by atoms with Crippen LogP contribution in [0.15, 0.2) is 53.9 Å². The van der Waals surface area contributed by atoms with Gasteiger partial charge in [0.1, 0.15) is 6.04 Å². The van der Waals surface area contributed by atoms with E-state index in [-0.39, 0.29) is 6.42 Å². The molecule has 2 N–H and O–H groups in total. The second-order valence-electron chi connectivity index (χ2n) is 9.54. The summed E-state index contributed by atoms with van der Waals surface area (Å²) >= 11 is 1.65. The van der Waals surface area contributed by atoms with Gasteiger partial charge in [-0.05, 0) is 60.2 Å². The molecule has 0 spiro atoms. The fourth-order valence-corrected chi connectivity index (χ4v) is 5.92. The molecule has 2 aromatic carbocycles. The van der Waals surface area contributed by atoms with Crippen LogP contribution in [0.25, 0.3) is 21.7 Å². The van der Waals surface area contributed by atoms with Gasteiger partial charge in [0.25, 0.3) is 5.91 Å². The summed E-state index contributed by atoms with van der Waals surface area (Å²) in [4.78, 5) is 31.3. The van der Waals surface area contributed by atoms with Crippen LogP contribution in [0.4, 0.5) is 0 Å². The second-order valence-corrected chi connectivity index (χ2v) is 10.5. The summed E-state index contributed by atoms with van der Waals surface area (Å²) in [6.07, 6.45) is 5.99. The lowest BCUT2D eigenvalue weighted by Gasteiger charge is -2.25. The highest BCUT2D eigenvalue weighted by molar-refractivity contribution is 7.13. The van der Waals surface area contributed by atoms with Crippen LogP contribution in [0.5, 0.6) is 11.5 Å². The number of nitrogens with zero attached hydrogens (tertiary/aromatic N) is 2. The number of benzene rings is 2. The van der Waals surface area contributed by atoms with E-state index in [4.69, 9.17) is 14.5 Å². The number of carbonyl (C=O) groups excluding carboxylic acids is 1. The zero-order valence-corrected chi connectivity index (χ0v) is 22.3. The maximum Gasteiger partial charge on any atom is 0.326 e. The maximum atomic E-state index is 13.2. The maximum absolute atomic E-state index is 13.2. The number of amides is 1. The second kappa shape index (κ2) is 11.3. The van der Waals surface area contributed by atoms with Gasteiger partial charge < -0.3 is 24.5 Å². The number of carboxylic acid groups (broad SMARTS) is 1. The predicted octanol–water partition coefficient (Wildman–Crippen LogP) is 5.71. The minimum absolute atomic E-state index is 0.0997. The molecule has 8 nitrogen and oxygen atoms in total. The van der Waals surface area contributed by atoms with Gasteiger partial charge in [0, 0.05) is 18.0 Å². The molecule has 0 saturated heterocycles. The normalized spacial score (nSPS) is 14.8. The van der Waals surface area contributed by atoms with Crippen LogP contribution in [0, 0.1) is 0 Å². The van der Waals surface area contributed by atoms with Gasteiger partial charge in [-0.25, -0.2) is 9.78 Å². The predicted molar refractivity (Wildman–Crippen MR) is 147 cm³/mol. The Morgan fingerprint density at radius 1 is 1.08 bits per heavy atom. The number of methoxy groups -OCH3 is 2. The number of aromatic nitrogens is 2. The largest absolute Gasteiger partial charge is 0.493 e. The molecule has 1 aliphatic rings. The molecule has 1 fully saturated rings. The molecular formula is C29H31N3O5S. The SMILES string of the molecule is COc1ccc(CC(NC(=O)c2ccc3c(c2)nc(-c2cccs2)n3C2CCCCC2)C(=O)O)cc1OC. The molecule has 1 amide bonds. The third kappa shape index (κ3) is 5.24. The Bertz CT molecular complexity index is 1440. The van der Waals surface area contributed by atoms with E-state index in [2.05, 4.69) is 16.0 Å². The van der Waals surface area contributed by atoms with E-state index < -0.39 is 17.9 Å². The van der Waals surface area contributed by atoms with E-state index in [0.717, 1.165) is 34.6 Å². The molecule has 1 unspecified atom stereocenters. The number of hydrogen-bond acceptors (Lipinski definition) is 6. The fraction of sp³-hybridized carbons (Fsp3) is 0.345. The number of thiophene rings is 1. The number of rotatable bonds is 9. The van der Waals surface area contributed by atoms with Gasteiger partial charge in [0.2, 0.25) is 0 Å². The Morgan fingerprint density at radius 3 is 2.55 bits per heavy atom. The zero-order valence-electron chi connectivity index (χ0n) is 21.5. The smallest absolute Gasteiger partial charge is 0.326 e. The van der Waals surface area contributed by atoms with Crippen LogP contribution in [0.2, 0.25) is 0 Å². The van der Waals surface area contributed by atoms with Gasteiger partial charge in [-0.15, -0.1) is 11.3 Å². The molecule has 4 aromatic rings. The van der Waals surface area contributed by atoms with Crippen molar-refractivity contribution >= 4 is 34.2 Å². The average Bonchev–Trinajstić information content (AvgIpc) is 3.60. The Kier molecular flexibility index (Phi) is 7.64. The Morgan fingerprint density at radius 2 is 1.87 bits per heavy atom. The van der Waals surface area contributed by atoms with Crippen LogP contribution in [0.3, 0.4) is 0 Å². The minimum atomic E-state index is -1.12. The highest BCUT2D eigenvalue weighted by Gasteiger charge is 2.25. The summed E-state index contributed by atoms with van der Waals surface area (Å²) in [5.41, 5.74) is 2.81. The molecule has 38 heavy (non-hydrogen) atoms. The molecule has 9 heteroatoms. The summed E-state index contributed by atoms with van der Waals surface area (Å²) < 4.78 is 12.9. The highest BCUT2D eigenvalue weighted by Crippen LogP contribution is 2.37. The van der Waals surface area contributed by atoms with Crippen molar-refractivity contribution in [1.29, 1.82) is 0 Å². The molecule has 198 valence electrons. The lowest BCUT2D eigenvalue weighted by Crippen LogP contribution is -2.42. The number of nitrogens with one attached hydrogen (secondary N) is 1. The van der Waals surface area contributed by atoms with Crippen LogP contribution in [0.1, 0.15) is 54.1 Å². The van der Waals surface area contributed by atoms with Gasteiger partial charge in [-0.2, -0.15) is 0 Å². The van der Waals surface area contributed by atoms with Crippen molar-refractivity contribution in [3.05, 3.63) is 65.0 Å². The molecule has 2 heterocycles. The van der Waals surface area contributed by atoms with Gasteiger partial charge in [-0.3, -0.25) is 4.79 Å². The van der Waals surface area contributed by atoms with Gasteiger partial charge in [-0.1, -0.05) is 31.4 Å². The monoisotopic (exact) mass is 533 g/mol. The number of fused-ring (bicyclic) bond motifs is 1. The quantitative estimate of drug-likeness (QED) is 0.286. The molecule has 2 aromatic heterocycles. The van der Waals surface area contributed by atoms with Crippen LogP contribution < -0.4 is 14.8 Å². The van der Waals surface area contributed by atoms with E-state index in [9.17, 15) is 14.7 Å². The number of hydrogen-bond donors (Lipinski definition) is 2. The Balaban J connectivity index is 1.41. The summed E-state index contributed by atoms with van der Waals surface area (Å²) in [5, 5.41) is 14.6. The Hall–Kier alpha value is -3.85. The molecule has 1 atom stereocenters. The van der Waals surface area contributed by atoms with Crippen molar-refractivity contribution in [2.75, 3.05) is 14.2 Å². The van der Waals surface area contributed by atoms with E-state index in [1.54, 1.807) is 41.7 Å². The van der Waals surface area contributed by atoms with E-state index in [1.807, 2.05) is 17.5 Å². The minimum Gasteiger partial charge on any atom is -0.493 e. The number of imidazole rings is 1. The molecular weight excluding hydrogens is 502 g/mol. The number of aliphatic carboxylic acids is 1. The van der Waals surface area contributed by atoms with E-state index in [1.165, 1.54) is 33.5 Å². The first-order valence-electron chi connectivity index (χ1n) is 12.8. The first-order chi connectivity index (χ1) is 18.5. The topological polar surface area (TPSA) is 103 Å². The number of ether oxygens (including phenoxy) is 2. The zero-order chi connectivity index (χ0) is 26.6. The van der Waals surface area contributed by atoms with Gasteiger partial charge in [0.15, 0.2) is 17.3 Å². The van der Waals surface area contributed by atoms with Crippen LogP contribution in [-0.2, 0) is 11.2 Å². The fourth-order valence-electron chi connectivity index (χ4n) is 5.21. The van der Waals surface area contributed by atoms with Crippen molar-refractivity contribution in [3.63, 3.8) is 0 Å². The standard InChI is InChI=1S/C29H31N3O5S/c1-36-24-13-10-18(16-25(24)37-2)15-22(29(34)35)31-28(33)19-11-12-23-21(17-19)30-27(26-9-6-14-38-26)32(23)20-7-4-3-5-8-20/h6,9-14,16-17,20,22H,3-5,7-8,15H2,1-2H3,(H,31,33)(H,34,35). The molecule has 0 radical (unpaired) electrons. The lowest BCUT2D eigenvalue weighted by molar-refractivity contribution is -0.139. The summed E-state index contributed by atoms with van der Waals surface area (Å²) in [5.74, 6) is 0.410. The molecule has 1 saturated carbocycles. The van der Waals surface area contributed by atoms with Crippen molar-refractivity contribution in [3.8, 4) is 22.2 Å². The molecule has 5 rings (SSSR count). The molecule has 0 bridgehead atoms. The van der Waals surface area contributed by atoms with Crippen molar-refractivity contribution in [1.82, 2.24) is 14.9 Å². The first kappa shape index (κ1) is 25.8. The van der Waals surface area contributed by atoms with Gasteiger partial charge in [0.05, 0.1) is 30.1 Å². The van der Waals surface area contributed by atoms with Crippen molar-refractivity contribution in [2.45, 2.75) is 50.6 Å². The molecule has 1 aliphatic carbocycles. The summed E-state index contributed by atoms with van der Waals surface area (Å²) in [6, 6.07) is 14.0. The van der Waals surface area contributed by atoms with Crippen LogP contribution >= 0.6 is 11.3 Å². The van der Waals surface area contributed by atoms with E-state index >= 15 is 0 Å².